The van der Waals surface area contributed by atoms with Crippen LogP contribution >= 0.6 is 0 Å². The number of benzene rings is 2. The van der Waals surface area contributed by atoms with E-state index in [1.807, 2.05) is 45.0 Å². The van der Waals surface area contributed by atoms with Crippen LogP contribution in [0.4, 0.5) is 0 Å². The first-order chi connectivity index (χ1) is 11.2. The van der Waals surface area contributed by atoms with Crippen molar-refractivity contribution in [1.82, 2.24) is 9.97 Å². The minimum absolute atomic E-state index is 0.138. The Balaban J connectivity index is 0.000000924. The summed E-state index contributed by atoms with van der Waals surface area (Å²) in [4.78, 5) is 19.5. The Hall–Kier alpha value is -2.62. The van der Waals surface area contributed by atoms with Gasteiger partial charge in [0.2, 0.25) is 0 Å². The largest absolute Gasteiger partial charge is 0.497 e. The number of nitrogens with one attached hydrogen (secondary N) is 1. The molecule has 23 heavy (non-hydrogen) atoms. The summed E-state index contributed by atoms with van der Waals surface area (Å²) in [7, 11) is 1.58. The lowest BCUT2D eigenvalue weighted by Crippen LogP contribution is -2.12. The maximum atomic E-state index is 12.2. The van der Waals surface area contributed by atoms with Crippen molar-refractivity contribution in [3.63, 3.8) is 0 Å². The van der Waals surface area contributed by atoms with Crippen LogP contribution in [0.15, 0.2) is 47.3 Å². The SMILES string of the molecule is CC.COc1ccc2nc(Cc3ccc(C)cc3)[nH]c(=O)c2c1. The van der Waals surface area contributed by atoms with Crippen LogP contribution in [0.1, 0.15) is 30.8 Å². The van der Waals surface area contributed by atoms with Crippen LogP contribution in [0.5, 0.6) is 5.75 Å². The Bertz CT molecular complexity index is 836. The van der Waals surface area contributed by atoms with E-state index in [0.717, 1.165) is 5.56 Å². The first-order valence-electron chi connectivity index (χ1n) is 7.78. The monoisotopic (exact) mass is 310 g/mol. The zero-order valence-corrected chi connectivity index (χ0v) is 14.0. The molecule has 0 aliphatic heterocycles. The number of rotatable bonds is 3. The highest BCUT2D eigenvalue weighted by Gasteiger charge is 2.06. The smallest absolute Gasteiger partial charge is 0.258 e. The number of methoxy groups -OCH3 is 1. The molecular formula is C19H22N2O2. The number of H-pyrrole nitrogens is 1. The van der Waals surface area contributed by atoms with Crippen LogP contribution in [0.3, 0.4) is 0 Å². The van der Waals surface area contributed by atoms with Crippen molar-refractivity contribution in [3.8, 4) is 5.75 Å². The molecule has 3 aromatic rings. The van der Waals surface area contributed by atoms with Gasteiger partial charge in [-0.1, -0.05) is 43.7 Å². The van der Waals surface area contributed by atoms with Crippen molar-refractivity contribution >= 4 is 10.9 Å². The Morgan fingerprint density at radius 3 is 2.43 bits per heavy atom. The average Bonchev–Trinajstić information content (AvgIpc) is 2.58. The van der Waals surface area contributed by atoms with Crippen molar-refractivity contribution in [3.05, 3.63) is 69.8 Å². The molecule has 4 heteroatoms. The molecule has 0 aliphatic carbocycles. The second-order valence-corrected chi connectivity index (χ2v) is 5.06. The van der Waals surface area contributed by atoms with Gasteiger partial charge in [-0.3, -0.25) is 4.79 Å². The van der Waals surface area contributed by atoms with E-state index in [1.54, 1.807) is 13.2 Å². The molecular weight excluding hydrogens is 288 g/mol. The number of aromatic amines is 1. The molecule has 2 aromatic carbocycles. The summed E-state index contributed by atoms with van der Waals surface area (Å²) in [6, 6.07) is 13.5. The van der Waals surface area contributed by atoms with Gasteiger partial charge < -0.3 is 9.72 Å². The zero-order valence-electron chi connectivity index (χ0n) is 14.0. The molecule has 4 nitrogen and oxygen atoms in total. The highest BCUT2D eigenvalue weighted by Crippen LogP contribution is 2.16. The molecule has 0 atom stereocenters. The third-order valence-electron chi connectivity index (χ3n) is 3.45. The topological polar surface area (TPSA) is 55.0 Å². The number of nitrogens with zero attached hydrogens (tertiary/aromatic N) is 1. The summed E-state index contributed by atoms with van der Waals surface area (Å²) >= 11 is 0. The van der Waals surface area contributed by atoms with Gasteiger partial charge in [0.05, 0.1) is 18.0 Å². The molecule has 1 N–H and O–H groups in total. The maximum Gasteiger partial charge on any atom is 0.258 e. The van der Waals surface area contributed by atoms with Crippen molar-refractivity contribution in [2.75, 3.05) is 7.11 Å². The van der Waals surface area contributed by atoms with E-state index in [2.05, 4.69) is 22.1 Å². The van der Waals surface area contributed by atoms with Gasteiger partial charge in [0.25, 0.3) is 5.56 Å². The Labute approximate surface area is 136 Å². The minimum Gasteiger partial charge on any atom is -0.497 e. The fourth-order valence-electron chi connectivity index (χ4n) is 2.28. The molecule has 1 aromatic heterocycles. The van der Waals surface area contributed by atoms with E-state index < -0.39 is 0 Å². The summed E-state index contributed by atoms with van der Waals surface area (Å²) in [5.41, 5.74) is 2.88. The van der Waals surface area contributed by atoms with Gasteiger partial charge in [0, 0.05) is 6.42 Å². The van der Waals surface area contributed by atoms with Gasteiger partial charge in [-0.15, -0.1) is 0 Å². The van der Waals surface area contributed by atoms with Crippen LogP contribution in [0, 0.1) is 6.92 Å². The lowest BCUT2D eigenvalue weighted by atomic mass is 10.1. The number of fused-ring (bicyclic) bond motifs is 1. The van der Waals surface area contributed by atoms with Gasteiger partial charge in [-0.2, -0.15) is 0 Å². The van der Waals surface area contributed by atoms with Crippen molar-refractivity contribution in [1.29, 1.82) is 0 Å². The molecule has 0 saturated heterocycles. The second kappa shape index (κ2) is 7.58. The standard InChI is InChI=1S/C17H16N2O2.C2H6/c1-11-3-5-12(6-4-11)9-16-18-15-8-7-13(21-2)10-14(15)17(20)19-16;1-2/h3-8,10H,9H2,1-2H3,(H,18,19,20);1-2H3. The number of aromatic nitrogens is 2. The highest BCUT2D eigenvalue weighted by atomic mass is 16.5. The molecule has 0 unspecified atom stereocenters. The van der Waals surface area contributed by atoms with Gasteiger partial charge in [-0.05, 0) is 30.7 Å². The predicted molar refractivity (Wildman–Crippen MR) is 94.2 cm³/mol. The minimum atomic E-state index is -0.138. The molecule has 120 valence electrons. The predicted octanol–water partition coefficient (Wildman–Crippen LogP) is 3.86. The van der Waals surface area contributed by atoms with Gasteiger partial charge >= 0.3 is 0 Å². The summed E-state index contributed by atoms with van der Waals surface area (Å²) < 4.78 is 5.13. The Morgan fingerprint density at radius 2 is 1.78 bits per heavy atom. The fourth-order valence-corrected chi connectivity index (χ4v) is 2.28. The van der Waals surface area contributed by atoms with E-state index in [9.17, 15) is 4.79 Å². The van der Waals surface area contributed by atoms with E-state index >= 15 is 0 Å². The van der Waals surface area contributed by atoms with Crippen LogP contribution in [0.25, 0.3) is 10.9 Å². The summed E-state index contributed by atoms with van der Waals surface area (Å²) in [6.45, 7) is 6.05. The maximum absolute atomic E-state index is 12.2. The van der Waals surface area contributed by atoms with E-state index in [0.29, 0.717) is 28.9 Å². The van der Waals surface area contributed by atoms with Crippen LogP contribution in [-0.2, 0) is 6.42 Å². The highest BCUT2D eigenvalue weighted by molar-refractivity contribution is 5.79. The van der Waals surface area contributed by atoms with Crippen molar-refractivity contribution in [2.45, 2.75) is 27.2 Å². The van der Waals surface area contributed by atoms with Gasteiger partial charge in [0.1, 0.15) is 11.6 Å². The van der Waals surface area contributed by atoms with Crippen molar-refractivity contribution in [2.24, 2.45) is 0 Å². The van der Waals surface area contributed by atoms with Gasteiger partial charge in [-0.25, -0.2) is 4.98 Å². The third kappa shape index (κ3) is 3.97. The zero-order chi connectivity index (χ0) is 16.8. The first kappa shape index (κ1) is 16.7. The lowest BCUT2D eigenvalue weighted by molar-refractivity contribution is 0.415. The van der Waals surface area contributed by atoms with Crippen LogP contribution < -0.4 is 10.3 Å². The molecule has 0 spiro atoms. The van der Waals surface area contributed by atoms with E-state index in [1.165, 1.54) is 5.56 Å². The molecule has 0 radical (unpaired) electrons. The normalized spacial score (nSPS) is 10.1. The Kier molecular flexibility index (Phi) is 5.52. The van der Waals surface area contributed by atoms with Crippen molar-refractivity contribution < 1.29 is 4.74 Å². The second-order valence-electron chi connectivity index (χ2n) is 5.06. The van der Waals surface area contributed by atoms with Crippen LogP contribution in [0.2, 0.25) is 0 Å². The summed E-state index contributed by atoms with van der Waals surface area (Å²) in [5.74, 6) is 1.32. The summed E-state index contributed by atoms with van der Waals surface area (Å²) in [5, 5.41) is 0.544. The molecule has 0 aliphatic rings. The number of aryl methyl sites for hydroxylation is 1. The fraction of sp³-hybridized carbons (Fsp3) is 0.263. The number of ether oxygens (including phenoxy) is 1. The molecule has 0 amide bonds. The Morgan fingerprint density at radius 1 is 1.09 bits per heavy atom. The molecule has 1 heterocycles. The average molecular weight is 310 g/mol. The van der Waals surface area contributed by atoms with E-state index in [4.69, 9.17) is 4.74 Å². The molecule has 0 fully saturated rings. The molecule has 0 saturated carbocycles. The van der Waals surface area contributed by atoms with Gasteiger partial charge in [0.15, 0.2) is 0 Å². The lowest BCUT2D eigenvalue weighted by Gasteiger charge is -2.05. The molecule has 3 rings (SSSR count). The quantitative estimate of drug-likeness (QED) is 0.799. The number of hydrogen-bond acceptors (Lipinski definition) is 3. The first-order valence-corrected chi connectivity index (χ1v) is 7.78. The van der Waals surface area contributed by atoms with Crippen LogP contribution in [-0.4, -0.2) is 17.1 Å². The summed E-state index contributed by atoms with van der Waals surface area (Å²) in [6.07, 6.45) is 0.609. The third-order valence-corrected chi connectivity index (χ3v) is 3.45. The molecule has 0 bridgehead atoms. The van der Waals surface area contributed by atoms with E-state index in [-0.39, 0.29) is 5.56 Å². The number of hydrogen-bond donors (Lipinski definition) is 1.